The highest BCUT2D eigenvalue weighted by molar-refractivity contribution is 7.91. The van der Waals surface area contributed by atoms with Crippen LogP contribution in [0, 0.1) is 5.92 Å². The fourth-order valence-corrected chi connectivity index (χ4v) is 4.37. The van der Waals surface area contributed by atoms with Crippen LogP contribution in [0.4, 0.5) is 0 Å². The van der Waals surface area contributed by atoms with Crippen molar-refractivity contribution in [2.75, 3.05) is 11.5 Å². The zero-order chi connectivity index (χ0) is 14.2. The smallest absolute Gasteiger partial charge is 0.150 e. The average Bonchev–Trinajstić information content (AvgIpc) is 2.83. The second kappa shape index (κ2) is 5.18. The average molecular weight is 293 g/mol. The Morgan fingerprint density at radius 3 is 2.80 bits per heavy atom. The first kappa shape index (κ1) is 13.6. The molecule has 0 aliphatic carbocycles. The van der Waals surface area contributed by atoms with Crippen LogP contribution in [0.5, 0.6) is 0 Å². The van der Waals surface area contributed by atoms with Gasteiger partial charge in [0.1, 0.15) is 15.7 Å². The molecule has 0 spiro atoms. The predicted molar refractivity (Wildman–Crippen MR) is 78.2 cm³/mol. The zero-order valence-electron chi connectivity index (χ0n) is 11.3. The number of imidazole rings is 1. The first-order valence-corrected chi connectivity index (χ1v) is 8.75. The minimum absolute atomic E-state index is 0.318. The van der Waals surface area contributed by atoms with E-state index in [1.165, 1.54) is 0 Å². The van der Waals surface area contributed by atoms with Gasteiger partial charge in [-0.15, -0.1) is 0 Å². The molecule has 0 unspecified atom stereocenters. The summed E-state index contributed by atoms with van der Waals surface area (Å²) in [4.78, 5) is 4.47. The van der Waals surface area contributed by atoms with Crippen molar-refractivity contribution in [2.24, 2.45) is 11.7 Å². The molecule has 2 N–H and O–H groups in total. The summed E-state index contributed by atoms with van der Waals surface area (Å²) in [5.74, 6) is 2.06. The number of nitrogens with two attached hydrogens (primary N) is 1. The van der Waals surface area contributed by atoms with E-state index in [4.69, 9.17) is 5.73 Å². The largest absolute Gasteiger partial charge is 0.326 e. The van der Waals surface area contributed by atoms with E-state index in [9.17, 15) is 8.42 Å². The standard InChI is InChI=1S/C14H19N3O2S/c15-9-12-1-4-17-13(7-12)10-16-14(17)8-11-2-5-20(18,19)6-3-11/h1,4,7,10-11H,2-3,5-6,8-9,15H2. The van der Waals surface area contributed by atoms with E-state index < -0.39 is 9.84 Å². The van der Waals surface area contributed by atoms with Crippen LogP contribution >= 0.6 is 0 Å². The molecular formula is C14H19N3O2S. The van der Waals surface area contributed by atoms with E-state index in [0.717, 1.165) is 36.2 Å². The Balaban J connectivity index is 1.78. The third-order valence-electron chi connectivity index (χ3n) is 4.05. The Morgan fingerprint density at radius 2 is 2.10 bits per heavy atom. The fraction of sp³-hybridized carbons (Fsp3) is 0.500. The zero-order valence-corrected chi connectivity index (χ0v) is 12.1. The second-order valence-electron chi connectivity index (χ2n) is 5.51. The molecule has 0 aromatic carbocycles. The van der Waals surface area contributed by atoms with Crippen LogP contribution in [-0.2, 0) is 22.8 Å². The number of nitrogens with zero attached hydrogens (tertiary/aromatic N) is 2. The van der Waals surface area contributed by atoms with E-state index in [1.54, 1.807) is 0 Å². The van der Waals surface area contributed by atoms with Crippen LogP contribution in [0.3, 0.4) is 0 Å². The number of aromatic nitrogens is 2. The van der Waals surface area contributed by atoms with Crippen LogP contribution in [0.25, 0.3) is 5.52 Å². The number of hydrogen-bond acceptors (Lipinski definition) is 4. The van der Waals surface area contributed by atoms with Gasteiger partial charge in [-0.1, -0.05) is 0 Å². The summed E-state index contributed by atoms with van der Waals surface area (Å²) in [5, 5.41) is 0. The third kappa shape index (κ3) is 2.71. The Bertz CT molecular complexity index is 707. The van der Waals surface area contributed by atoms with Crippen molar-refractivity contribution in [3.05, 3.63) is 35.9 Å². The SMILES string of the molecule is NCc1ccn2c(CC3CCS(=O)(=O)CC3)ncc2c1. The van der Waals surface area contributed by atoms with E-state index >= 15 is 0 Å². The number of fused-ring (bicyclic) bond motifs is 1. The maximum atomic E-state index is 11.4. The van der Waals surface area contributed by atoms with Gasteiger partial charge in [0.2, 0.25) is 0 Å². The minimum atomic E-state index is -2.79. The van der Waals surface area contributed by atoms with Crippen molar-refractivity contribution in [1.29, 1.82) is 0 Å². The van der Waals surface area contributed by atoms with Crippen molar-refractivity contribution < 1.29 is 8.42 Å². The molecule has 0 amide bonds. The first-order valence-electron chi connectivity index (χ1n) is 6.93. The summed E-state index contributed by atoms with van der Waals surface area (Å²) in [7, 11) is -2.79. The van der Waals surface area contributed by atoms with E-state index in [2.05, 4.69) is 9.38 Å². The number of pyridine rings is 1. The predicted octanol–water partition coefficient (Wildman–Crippen LogP) is 1.16. The summed E-state index contributed by atoms with van der Waals surface area (Å²) in [6.07, 6.45) is 6.19. The lowest BCUT2D eigenvalue weighted by atomic mass is 9.98. The van der Waals surface area contributed by atoms with Gasteiger partial charge in [0, 0.05) is 19.2 Å². The second-order valence-corrected chi connectivity index (χ2v) is 7.81. The Hall–Kier alpha value is -1.40. The first-order chi connectivity index (χ1) is 9.57. The molecule has 3 heterocycles. The van der Waals surface area contributed by atoms with Gasteiger partial charge in [-0.25, -0.2) is 13.4 Å². The molecule has 1 aliphatic rings. The van der Waals surface area contributed by atoms with Gasteiger partial charge in [-0.2, -0.15) is 0 Å². The topological polar surface area (TPSA) is 77.5 Å². The molecule has 1 fully saturated rings. The third-order valence-corrected chi connectivity index (χ3v) is 5.77. The van der Waals surface area contributed by atoms with Gasteiger partial charge in [0.05, 0.1) is 23.2 Å². The van der Waals surface area contributed by atoms with Gasteiger partial charge in [-0.3, -0.25) is 0 Å². The van der Waals surface area contributed by atoms with Gasteiger partial charge in [-0.05, 0) is 36.5 Å². The monoisotopic (exact) mass is 293 g/mol. The highest BCUT2D eigenvalue weighted by Gasteiger charge is 2.24. The van der Waals surface area contributed by atoms with Crippen LogP contribution < -0.4 is 5.73 Å². The minimum Gasteiger partial charge on any atom is -0.326 e. The summed E-state index contributed by atoms with van der Waals surface area (Å²) >= 11 is 0. The Labute approximate surface area is 118 Å². The van der Waals surface area contributed by atoms with Crippen molar-refractivity contribution in [3.8, 4) is 0 Å². The summed E-state index contributed by atoms with van der Waals surface area (Å²) in [6, 6.07) is 4.05. The molecule has 1 saturated heterocycles. The van der Waals surface area contributed by atoms with Crippen LogP contribution in [0.1, 0.15) is 24.2 Å². The van der Waals surface area contributed by atoms with Crippen molar-refractivity contribution in [3.63, 3.8) is 0 Å². The van der Waals surface area contributed by atoms with Crippen molar-refractivity contribution in [1.82, 2.24) is 9.38 Å². The molecule has 108 valence electrons. The van der Waals surface area contributed by atoms with Gasteiger partial charge >= 0.3 is 0 Å². The summed E-state index contributed by atoms with van der Waals surface area (Å²) in [6.45, 7) is 0.525. The molecule has 6 heteroatoms. The summed E-state index contributed by atoms with van der Waals surface area (Å²) in [5.41, 5.74) is 7.77. The lowest BCUT2D eigenvalue weighted by Crippen LogP contribution is -2.25. The lowest BCUT2D eigenvalue weighted by Gasteiger charge is -2.21. The molecule has 0 saturated carbocycles. The number of sulfone groups is 1. The van der Waals surface area contributed by atoms with Crippen molar-refractivity contribution >= 4 is 15.4 Å². The molecule has 1 aliphatic heterocycles. The number of hydrogen-bond donors (Lipinski definition) is 1. The number of rotatable bonds is 3. The molecule has 5 nitrogen and oxygen atoms in total. The maximum absolute atomic E-state index is 11.4. The van der Waals surface area contributed by atoms with Crippen LogP contribution in [0.15, 0.2) is 24.5 Å². The Morgan fingerprint density at radius 1 is 1.35 bits per heavy atom. The fourth-order valence-electron chi connectivity index (χ4n) is 2.78. The van der Waals surface area contributed by atoms with Crippen LogP contribution in [-0.4, -0.2) is 29.3 Å². The summed E-state index contributed by atoms with van der Waals surface area (Å²) < 4.78 is 25.0. The highest BCUT2D eigenvalue weighted by atomic mass is 32.2. The lowest BCUT2D eigenvalue weighted by molar-refractivity contribution is 0.453. The van der Waals surface area contributed by atoms with E-state index in [1.807, 2.05) is 24.5 Å². The van der Waals surface area contributed by atoms with Gasteiger partial charge < -0.3 is 10.1 Å². The normalized spacial score (nSPS) is 19.4. The molecular weight excluding hydrogens is 274 g/mol. The Kier molecular flexibility index (Phi) is 3.52. The quantitative estimate of drug-likeness (QED) is 0.921. The molecule has 0 bridgehead atoms. The molecule has 0 atom stereocenters. The van der Waals surface area contributed by atoms with Crippen LogP contribution in [0.2, 0.25) is 0 Å². The maximum Gasteiger partial charge on any atom is 0.150 e. The molecule has 2 aromatic heterocycles. The molecule has 3 rings (SSSR count). The van der Waals surface area contributed by atoms with E-state index in [-0.39, 0.29) is 0 Å². The highest BCUT2D eigenvalue weighted by Crippen LogP contribution is 2.23. The molecule has 20 heavy (non-hydrogen) atoms. The van der Waals surface area contributed by atoms with Crippen molar-refractivity contribution in [2.45, 2.75) is 25.8 Å². The van der Waals surface area contributed by atoms with Gasteiger partial charge in [0.25, 0.3) is 0 Å². The molecule has 2 aromatic rings. The van der Waals surface area contributed by atoms with E-state index in [0.29, 0.717) is 24.0 Å². The van der Waals surface area contributed by atoms with Gasteiger partial charge in [0.15, 0.2) is 0 Å². The molecule has 0 radical (unpaired) electrons.